The molecule has 2 heterocycles. The second kappa shape index (κ2) is 9.76. The molecule has 2 aliphatic rings. The molecule has 2 aromatic rings. The minimum atomic E-state index is -3.89. The molecule has 3 N–H and O–H groups in total. The van der Waals surface area contributed by atoms with E-state index in [1.54, 1.807) is 12.1 Å². The Morgan fingerprint density at radius 1 is 1.21 bits per heavy atom. The average Bonchev–Trinajstić information content (AvgIpc) is 3.43. The minimum absolute atomic E-state index is 0.0567. The van der Waals surface area contributed by atoms with Crippen LogP contribution in [0.1, 0.15) is 39.4 Å². The fourth-order valence-corrected chi connectivity index (χ4v) is 7.17. The van der Waals surface area contributed by atoms with Crippen LogP contribution in [0.25, 0.3) is 0 Å². The van der Waals surface area contributed by atoms with E-state index in [1.165, 1.54) is 38.2 Å². The molecule has 1 fully saturated rings. The number of aliphatic hydroxyl groups excluding tert-OH is 1. The highest BCUT2D eigenvalue weighted by molar-refractivity contribution is 7.89. The second-order valence-corrected chi connectivity index (χ2v) is 11.3. The molecule has 2 amide bonds. The van der Waals surface area contributed by atoms with Crippen LogP contribution in [0.3, 0.4) is 0 Å². The third kappa shape index (κ3) is 5.03. The van der Waals surface area contributed by atoms with Gasteiger partial charge in [-0.15, -0.1) is 11.3 Å². The number of aliphatic hydroxyl groups is 1. The first kappa shape index (κ1) is 23.6. The van der Waals surface area contributed by atoms with Crippen molar-refractivity contribution < 1.29 is 23.1 Å². The fourth-order valence-electron chi connectivity index (χ4n) is 4.35. The van der Waals surface area contributed by atoms with Gasteiger partial charge in [0.05, 0.1) is 22.4 Å². The van der Waals surface area contributed by atoms with Gasteiger partial charge in [0, 0.05) is 23.2 Å². The summed E-state index contributed by atoms with van der Waals surface area (Å²) in [4.78, 5) is 26.2. The molecule has 0 saturated carbocycles. The van der Waals surface area contributed by atoms with E-state index in [0.29, 0.717) is 17.0 Å². The Kier molecular flexibility index (Phi) is 6.99. The molecule has 2 unspecified atom stereocenters. The molecule has 1 aliphatic carbocycles. The summed E-state index contributed by atoms with van der Waals surface area (Å²) in [6, 6.07) is 6.91. The zero-order valence-electron chi connectivity index (χ0n) is 18.1. The number of aryl methyl sites for hydroxylation is 2. The Bertz CT molecular complexity index is 1130. The summed E-state index contributed by atoms with van der Waals surface area (Å²) in [5.74, 6) is -0.590. The topological polar surface area (TPSA) is 116 Å². The van der Waals surface area contributed by atoms with Gasteiger partial charge in [0.2, 0.25) is 15.9 Å². The number of nitrogens with zero attached hydrogens (tertiary/aromatic N) is 1. The number of hydrogen-bond acceptors (Lipinski definition) is 6. The second-order valence-electron chi connectivity index (χ2n) is 8.30. The highest BCUT2D eigenvalue weighted by atomic mass is 32.2. The Hall–Kier alpha value is -2.53. The predicted octanol–water partition coefficient (Wildman–Crippen LogP) is 2.31. The lowest BCUT2D eigenvalue weighted by Crippen LogP contribution is -2.39. The van der Waals surface area contributed by atoms with E-state index in [-0.39, 0.29) is 29.9 Å². The SMILES string of the molecule is C=CC(=O)NC1CC(CO)N(S(=O)(=O)c2ccc(NC(=O)c3cc4c(s3)CCCC4)cc2)C1. The van der Waals surface area contributed by atoms with E-state index in [2.05, 4.69) is 17.2 Å². The lowest BCUT2D eigenvalue weighted by molar-refractivity contribution is -0.117. The molecular formula is C23H27N3O5S2. The molecule has 0 radical (unpaired) electrons. The van der Waals surface area contributed by atoms with Gasteiger partial charge in [-0.05, 0) is 74.1 Å². The van der Waals surface area contributed by atoms with E-state index < -0.39 is 22.1 Å². The minimum Gasteiger partial charge on any atom is -0.395 e. The first-order valence-corrected chi connectivity index (χ1v) is 13.2. The summed E-state index contributed by atoms with van der Waals surface area (Å²) >= 11 is 1.52. The summed E-state index contributed by atoms with van der Waals surface area (Å²) in [6.45, 7) is 3.11. The van der Waals surface area contributed by atoms with Crippen LogP contribution in [0.5, 0.6) is 0 Å². The van der Waals surface area contributed by atoms with Crippen LogP contribution in [0.2, 0.25) is 0 Å². The van der Waals surface area contributed by atoms with Crippen molar-refractivity contribution in [3.63, 3.8) is 0 Å². The van der Waals surface area contributed by atoms with Gasteiger partial charge in [-0.3, -0.25) is 9.59 Å². The van der Waals surface area contributed by atoms with Crippen molar-refractivity contribution in [1.29, 1.82) is 0 Å². The molecule has 8 nitrogen and oxygen atoms in total. The van der Waals surface area contributed by atoms with Gasteiger partial charge in [0.25, 0.3) is 5.91 Å². The quantitative estimate of drug-likeness (QED) is 0.516. The maximum Gasteiger partial charge on any atom is 0.265 e. The Morgan fingerprint density at radius 2 is 1.94 bits per heavy atom. The first-order chi connectivity index (χ1) is 15.8. The highest BCUT2D eigenvalue weighted by Crippen LogP contribution is 2.31. The van der Waals surface area contributed by atoms with Crippen LogP contribution in [0, 0.1) is 0 Å². The highest BCUT2D eigenvalue weighted by Gasteiger charge is 2.40. The summed E-state index contributed by atoms with van der Waals surface area (Å²) in [6.07, 6.45) is 5.77. The largest absolute Gasteiger partial charge is 0.395 e. The molecular weight excluding hydrogens is 462 g/mol. The van der Waals surface area contributed by atoms with Crippen molar-refractivity contribution in [2.75, 3.05) is 18.5 Å². The van der Waals surface area contributed by atoms with Gasteiger partial charge >= 0.3 is 0 Å². The number of thiophene rings is 1. The molecule has 1 aromatic heterocycles. The van der Waals surface area contributed by atoms with Gasteiger partial charge in [-0.1, -0.05) is 6.58 Å². The molecule has 0 bridgehead atoms. The smallest absolute Gasteiger partial charge is 0.265 e. The third-order valence-electron chi connectivity index (χ3n) is 6.05. The summed E-state index contributed by atoms with van der Waals surface area (Å²) in [5, 5.41) is 15.2. The number of benzene rings is 1. The van der Waals surface area contributed by atoms with Gasteiger partial charge < -0.3 is 15.7 Å². The number of hydrogen-bond donors (Lipinski definition) is 3. The third-order valence-corrected chi connectivity index (χ3v) is 9.21. The number of rotatable bonds is 7. The zero-order chi connectivity index (χ0) is 23.6. The first-order valence-electron chi connectivity index (χ1n) is 10.9. The molecule has 1 saturated heterocycles. The van der Waals surface area contributed by atoms with E-state index in [1.807, 2.05) is 6.07 Å². The lowest BCUT2D eigenvalue weighted by atomic mass is 9.99. The molecule has 0 spiro atoms. The van der Waals surface area contributed by atoms with Crippen molar-refractivity contribution in [2.45, 2.75) is 49.1 Å². The summed E-state index contributed by atoms with van der Waals surface area (Å²) in [5.41, 5.74) is 1.76. The lowest BCUT2D eigenvalue weighted by Gasteiger charge is -2.22. The Balaban J connectivity index is 1.45. The van der Waals surface area contributed by atoms with Gasteiger partial charge in [-0.25, -0.2) is 8.42 Å². The molecule has 1 aliphatic heterocycles. The average molecular weight is 490 g/mol. The van der Waals surface area contributed by atoms with Crippen LogP contribution < -0.4 is 10.6 Å². The van der Waals surface area contributed by atoms with Crippen LogP contribution in [-0.4, -0.2) is 54.9 Å². The maximum absolute atomic E-state index is 13.2. The molecule has 4 rings (SSSR count). The van der Waals surface area contributed by atoms with E-state index in [0.717, 1.165) is 31.8 Å². The van der Waals surface area contributed by atoms with Gasteiger partial charge in [0.15, 0.2) is 0 Å². The van der Waals surface area contributed by atoms with Crippen LogP contribution in [0.4, 0.5) is 5.69 Å². The van der Waals surface area contributed by atoms with Crippen molar-refractivity contribution in [3.05, 3.63) is 58.3 Å². The van der Waals surface area contributed by atoms with Crippen LogP contribution in [0.15, 0.2) is 47.9 Å². The predicted molar refractivity (Wildman–Crippen MR) is 127 cm³/mol. The zero-order valence-corrected chi connectivity index (χ0v) is 19.8. The molecule has 10 heteroatoms. The number of carbonyl (C=O) groups is 2. The van der Waals surface area contributed by atoms with Crippen molar-refractivity contribution in [3.8, 4) is 0 Å². The van der Waals surface area contributed by atoms with Crippen LogP contribution >= 0.6 is 11.3 Å². The number of carbonyl (C=O) groups excluding carboxylic acids is 2. The van der Waals surface area contributed by atoms with Crippen molar-refractivity contribution >= 4 is 38.9 Å². The summed E-state index contributed by atoms with van der Waals surface area (Å²) in [7, 11) is -3.89. The van der Waals surface area contributed by atoms with Gasteiger partial charge in [-0.2, -0.15) is 4.31 Å². The van der Waals surface area contributed by atoms with Crippen molar-refractivity contribution in [1.82, 2.24) is 9.62 Å². The molecule has 176 valence electrons. The number of sulfonamides is 1. The number of amides is 2. The standard InChI is InChI=1S/C23H27N3O5S2/c1-2-22(28)24-17-12-18(14-27)26(13-17)33(30,31)19-9-7-16(8-10-19)25-23(29)21-11-15-5-3-4-6-20(15)32-21/h2,7-11,17-18,27H,1,3-6,12-14H2,(H,24,28)(H,25,29). The number of fused-ring (bicyclic) bond motifs is 1. The molecule has 2 atom stereocenters. The summed E-state index contributed by atoms with van der Waals surface area (Å²) < 4.78 is 27.5. The monoisotopic (exact) mass is 489 g/mol. The maximum atomic E-state index is 13.2. The fraction of sp³-hybridized carbons (Fsp3) is 0.391. The van der Waals surface area contributed by atoms with E-state index in [9.17, 15) is 23.1 Å². The normalized spacial score (nSPS) is 20.8. The van der Waals surface area contributed by atoms with Crippen molar-refractivity contribution in [2.24, 2.45) is 0 Å². The number of anilines is 1. The Morgan fingerprint density at radius 3 is 2.61 bits per heavy atom. The van der Waals surface area contributed by atoms with Gasteiger partial charge in [0.1, 0.15) is 0 Å². The molecule has 1 aromatic carbocycles. The molecule has 33 heavy (non-hydrogen) atoms. The van der Waals surface area contributed by atoms with Crippen LogP contribution in [-0.2, 0) is 27.7 Å². The Labute approximate surface area is 197 Å². The number of nitrogens with one attached hydrogen (secondary N) is 2. The van der Waals surface area contributed by atoms with E-state index in [4.69, 9.17) is 0 Å². The van der Waals surface area contributed by atoms with E-state index >= 15 is 0 Å².